The van der Waals surface area contributed by atoms with Gasteiger partial charge in [-0.3, -0.25) is 4.79 Å². The Kier molecular flexibility index (Phi) is 2.67. The van der Waals surface area contributed by atoms with Crippen LogP contribution in [0.5, 0.6) is 23.0 Å². The average molecular weight is 326 g/mol. The molecule has 0 saturated heterocycles. The molecule has 6 nitrogen and oxygen atoms in total. The van der Waals surface area contributed by atoms with Gasteiger partial charge in [0.05, 0.1) is 10.9 Å². The monoisotopic (exact) mass is 326 g/mol. The van der Waals surface area contributed by atoms with Crippen LogP contribution in [-0.2, 0) is 0 Å². The second-order valence-electron chi connectivity index (χ2n) is 6.29. The predicted octanol–water partition coefficient (Wildman–Crippen LogP) is 3.25. The minimum absolute atomic E-state index is 0.000652. The van der Waals surface area contributed by atoms with E-state index in [4.69, 9.17) is 9.15 Å². The van der Waals surface area contributed by atoms with Gasteiger partial charge in [0.25, 0.3) is 0 Å². The largest absolute Gasteiger partial charge is 0.507 e. The van der Waals surface area contributed by atoms with Crippen molar-refractivity contribution in [2.45, 2.75) is 19.4 Å². The first-order chi connectivity index (χ1) is 11.3. The van der Waals surface area contributed by atoms with Crippen molar-refractivity contribution in [3.05, 3.63) is 40.1 Å². The van der Waals surface area contributed by atoms with Gasteiger partial charge >= 0.3 is 0 Å². The Morgan fingerprint density at radius 3 is 2.54 bits per heavy atom. The zero-order valence-corrected chi connectivity index (χ0v) is 13.0. The number of rotatable bonds is 0. The van der Waals surface area contributed by atoms with E-state index in [1.54, 1.807) is 12.2 Å². The van der Waals surface area contributed by atoms with Crippen LogP contribution < -0.4 is 10.2 Å². The van der Waals surface area contributed by atoms with Crippen molar-refractivity contribution in [1.82, 2.24) is 0 Å². The lowest BCUT2D eigenvalue weighted by Gasteiger charge is -2.28. The van der Waals surface area contributed by atoms with E-state index in [9.17, 15) is 20.1 Å². The molecular weight excluding hydrogens is 312 g/mol. The first-order valence-electron chi connectivity index (χ1n) is 7.34. The summed E-state index contributed by atoms with van der Waals surface area (Å²) >= 11 is 0. The zero-order chi connectivity index (χ0) is 17.2. The molecule has 1 aliphatic rings. The maximum absolute atomic E-state index is 12.7. The van der Waals surface area contributed by atoms with Gasteiger partial charge in [0, 0.05) is 6.07 Å². The maximum Gasteiger partial charge on any atom is 0.204 e. The Hall–Kier alpha value is -3.15. The van der Waals surface area contributed by atoms with Gasteiger partial charge < -0.3 is 24.5 Å². The summed E-state index contributed by atoms with van der Waals surface area (Å²) in [5.41, 5.74) is -0.623. The molecule has 1 aliphatic heterocycles. The minimum atomic E-state index is -0.565. The van der Waals surface area contributed by atoms with Crippen LogP contribution in [0.3, 0.4) is 0 Å². The summed E-state index contributed by atoms with van der Waals surface area (Å²) in [6, 6.07) is 3.91. The van der Waals surface area contributed by atoms with Crippen molar-refractivity contribution in [3.63, 3.8) is 0 Å². The zero-order valence-electron chi connectivity index (χ0n) is 13.0. The SMILES string of the molecule is CC1(C)C=Cc2c(cc(O)c3c(=O)c4ccc(O)c(O)c4oc23)O1. The van der Waals surface area contributed by atoms with Crippen LogP contribution >= 0.6 is 0 Å². The summed E-state index contributed by atoms with van der Waals surface area (Å²) in [6.07, 6.45) is 3.55. The third-order valence-corrected chi connectivity index (χ3v) is 4.07. The van der Waals surface area contributed by atoms with Gasteiger partial charge in [0.2, 0.25) is 11.2 Å². The standard InChI is InChI=1S/C18H14O6/c1-18(2)6-5-8-12(24-18)7-11(20)13-14(21)9-3-4-10(19)15(22)17(9)23-16(8)13/h3-7,19-20,22H,1-2H3. The van der Waals surface area contributed by atoms with Crippen LogP contribution in [0.4, 0.5) is 0 Å². The van der Waals surface area contributed by atoms with Crippen LogP contribution in [0.25, 0.3) is 28.0 Å². The van der Waals surface area contributed by atoms with Crippen LogP contribution in [0, 0.1) is 0 Å². The summed E-state index contributed by atoms with van der Waals surface area (Å²) in [4.78, 5) is 12.7. The van der Waals surface area contributed by atoms with E-state index in [-0.39, 0.29) is 27.7 Å². The molecule has 3 aromatic rings. The lowest BCUT2D eigenvalue weighted by Crippen LogP contribution is -2.27. The summed E-state index contributed by atoms with van der Waals surface area (Å²) < 4.78 is 11.5. The summed E-state index contributed by atoms with van der Waals surface area (Å²) in [5.74, 6) is -0.815. The Morgan fingerprint density at radius 1 is 1.04 bits per heavy atom. The highest BCUT2D eigenvalue weighted by atomic mass is 16.5. The quantitative estimate of drug-likeness (QED) is 0.433. The number of hydrogen-bond acceptors (Lipinski definition) is 6. The molecule has 0 atom stereocenters. The molecule has 24 heavy (non-hydrogen) atoms. The molecule has 0 fully saturated rings. The van der Waals surface area contributed by atoms with Crippen molar-refractivity contribution in [1.29, 1.82) is 0 Å². The molecule has 0 aliphatic carbocycles. The van der Waals surface area contributed by atoms with Gasteiger partial charge in [-0.05, 0) is 38.1 Å². The summed E-state index contributed by atoms with van der Waals surface area (Å²) in [5, 5.41) is 30.0. The maximum atomic E-state index is 12.7. The molecule has 2 heterocycles. The van der Waals surface area contributed by atoms with E-state index in [0.717, 1.165) is 0 Å². The van der Waals surface area contributed by atoms with E-state index in [1.165, 1.54) is 18.2 Å². The number of ether oxygens (including phenoxy) is 1. The van der Waals surface area contributed by atoms with Gasteiger partial charge in [0.15, 0.2) is 16.9 Å². The van der Waals surface area contributed by atoms with Crippen LogP contribution in [0.2, 0.25) is 0 Å². The van der Waals surface area contributed by atoms with E-state index >= 15 is 0 Å². The van der Waals surface area contributed by atoms with Crippen molar-refractivity contribution >= 4 is 28.0 Å². The van der Waals surface area contributed by atoms with Gasteiger partial charge in [-0.1, -0.05) is 0 Å². The van der Waals surface area contributed by atoms with E-state index in [1.807, 2.05) is 13.8 Å². The van der Waals surface area contributed by atoms with Crippen molar-refractivity contribution < 1.29 is 24.5 Å². The molecule has 4 rings (SSSR count). The number of hydrogen-bond donors (Lipinski definition) is 3. The Balaban J connectivity index is 2.21. The third kappa shape index (κ3) is 1.86. The smallest absolute Gasteiger partial charge is 0.204 e. The fourth-order valence-corrected chi connectivity index (χ4v) is 2.89. The highest BCUT2D eigenvalue weighted by molar-refractivity contribution is 6.00. The summed E-state index contributed by atoms with van der Waals surface area (Å²) in [6.45, 7) is 3.71. The number of benzene rings is 2. The molecular formula is C18H14O6. The molecule has 1 aromatic heterocycles. The predicted molar refractivity (Wildman–Crippen MR) is 88.7 cm³/mol. The summed E-state index contributed by atoms with van der Waals surface area (Å²) in [7, 11) is 0. The average Bonchev–Trinajstić information content (AvgIpc) is 2.50. The van der Waals surface area contributed by atoms with Crippen molar-refractivity contribution in [3.8, 4) is 23.0 Å². The fraction of sp³-hybridized carbons (Fsp3) is 0.167. The molecule has 0 unspecified atom stereocenters. The van der Waals surface area contributed by atoms with Gasteiger partial charge in [-0.15, -0.1) is 0 Å². The minimum Gasteiger partial charge on any atom is -0.507 e. The van der Waals surface area contributed by atoms with E-state index in [2.05, 4.69) is 0 Å². The van der Waals surface area contributed by atoms with Gasteiger partial charge in [0.1, 0.15) is 22.5 Å². The Labute approximate surface area is 135 Å². The first-order valence-corrected chi connectivity index (χ1v) is 7.34. The molecule has 3 N–H and O–H groups in total. The number of phenols is 3. The molecule has 0 bridgehead atoms. The second-order valence-corrected chi connectivity index (χ2v) is 6.29. The van der Waals surface area contributed by atoms with Crippen LogP contribution in [0.15, 0.2) is 33.5 Å². The topological polar surface area (TPSA) is 100 Å². The molecule has 0 amide bonds. The molecule has 0 saturated carbocycles. The molecule has 6 heteroatoms. The first kappa shape index (κ1) is 14.4. The lowest BCUT2D eigenvalue weighted by molar-refractivity contribution is 0.158. The van der Waals surface area contributed by atoms with Gasteiger partial charge in [-0.25, -0.2) is 0 Å². The highest BCUT2D eigenvalue weighted by Gasteiger charge is 2.27. The van der Waals surface area contributed by atoms with Crippen molar-refractivity contribution in [2.75, 3.05) is 0 Å². The number of phenolic OH excluding ortho intramolecular Hbond substituents is 3. The van der Waals surface area contributed by atoms with Crippen molar-refractivity contribution in [2.24, 2.45) is 0 Å². The number of fused-ring (bicyclic) bond motifs is 4. The Morgan fingerprint density at radius 2 is 1.79 bits per heavy atom. The molecule has 0 spiro atoms. The highest BCUT2D eigenvalue weighted by Crippen LogP contribution is 2.42. The van der Waals surface area contributed by atoms with Crippen LogP contribution in [-0.4, -0.2) is 20.9 Å². The molecule has 2 aromatic carbocycles. The van der Waals surface area contributed by atoms with E-state index < -0.39 is 22.5 Å². The Bertz CT molecular complexity index is 1100. The van der Waals surface area contributed by atoms with E-state index in [0.29, 0.717) is 11.3 Å². The normalized spacial score (nSPS) is 15.4. The fourth-order valence-electron chi connectivity index (χ4n) is 2.89. The van der Waals surface area contributed by atoms with Crippen LogP contribution in [0.1, 0.15) is 19.4 Å². The third-order valence-electron chi connectivity index (χ3n) is 4.07. The lowest BCUT2D eigenvalue weighted by atomic mass is 9.99. The number of aromatic hydroxyl groups is 3. The second kappa shape index (κ2) is 4.44. The van der Waals surface area contributed by atoms with Gasteiger partial charge in [-0.2, -0.15) is 0 Å². The molecule has 0 radical (unpaired) electrons. The molecule has 122 valence electrons.